The number of carbonyl (C=O) groups is 1. The van der Waals surface area contributed by atoms with E-state index < -0.39 is 5.97 Å². The van der Waals surface area contributed by atoms with Gasteiger partial charge in [-0.05, 0) is 29.7 Å². The summed E-state index contributed by atoms with van der Waals surface area (Å²) in [4.78, 5) is 11.2. The monoisotopic (exact) mass is 268 g/mol. The third-order valence-electron chi connectivity index (χ3n) is 3.75. The molecule has 2 unspecified atom stereocenters. The normalized spacial score (nSPS) is 20.4. The van der Waals surface area contributed by atoms with Crippen LogP contribution in [0.5, 0.6) is 0 Å². The standard InChI is InChI=1S/C16H16N2O2/c17-13-9-15(11-6-2-1-5-10(11)13)18-14-8-4-3-7-12(14)16(19)20/h1-8,13,15,18H,9,17H2,(H,19,20). The van der Waals surface area contributed by atoms with Gasteiger partial charge in [-0.1, -0.05) is 36.4 Å². The number of nitrogens with two attached hydrogens (primary N) is 1. The van der Waals surface area contributed by atoms with Gasteiger partial charge in [-0.15, -0.1) is 0 Å². The molecular formula is C16H16N2O2. The molecule has 0 aromatic heterocycles. The first-order chi connectivity index (χ1) is 9.66. The molecule has 0 radical (unpaired) electrons. The van der Waals surface area contributed by atoms with E-state index in [0.29, 0.717) is 5.69 Å². The predicted octanol–water partition coefficient (Wildman–Crippen LogP) is 2.94. The summed E-state index contributed by atoms with van der Waals surface area (Å²) in [5, 5.41) is 12.5. The van der Waals surface area contributed by atoms with Crippen molar-refractivity contribution >= 4 is 11.7 Å². The lowest BCUT2D eigenvalue weighted by Gasteiger charge is -2.17. The van der Waals surface area contributed by atoms with Crippen LogP contribution in [0.1, 0.15) is 40.0 Å². The zero-order valence-electron chi connectivity index (χ0n) is 10.9. The zero-order chi connectivity index (χ0) is 14.1. The molecule has 0 bridgehead atoms. The fraction of sp³-hybridized carbons (Fsp3) is 0.188. The number of benzene rings is 2. The van der Waals surface area contributed by atoms with E-state index in [9.17, 15) is 9.90 Å². The summed E-state index contributed by atoms with van der Waals surface area (Å²) in [5.41, 5.74) is 9.34. The van der Waals surface area contributed by atoms with Crippen molar-refractivity contribution in [3.05, 3.63) is 65.2 Å². The van der Waals surface area contributed by atoms with Gasteiger partial charge in [0.25, 0.3) is 0 Å². The summed E-state index contributed by atoms with van der Waals surface area (Å²) in [6, 6.07) is 15.0. The van der Waals surface area contributed by atoms with E-state index in [1.165, 1.54) is 0 Å². The Hall–Kier alpha value is -2.33. The Morgan fingerprint density at radius 1 is 1.10 bits per heavy atom. The second-order valence-electron chi connectivity index (χ2n) is 5.02. The quantitative estimate of drug-likeness (QED) is 0.800. The fourth-order valence-corrected chi connectivity index (χ4v) is 2.79. The Morgan fingerprint density at radius 2 is 1.75 bits per heavy atom. The van der Waals surface area contributed by atoms with Crippen molar-refractivity contribution in [2.75, 3.05) is 5.32 Å². The number of carboxylic acids is 1. The molecule has 1 aliphatic carbocycles. The topological polar surface area (TPSA) is 75.3 Å². The van der Waals surface area contributed by atoms with Crippen LogP contribution in [0.15, 0.2) is 48.5 Å². The third kappa shape index (κ3) is 2.14. The number of fused-ring (bicyclic) bond motifs is 1. The van der Waals surface area contributed by atoms with Gasteiger partial charge in [0.05, 0.1) is 11.6 Å². The highest BCUT2D eigenvalue weighted by molar-refractivity contribution is 5.94. The molecule has 2 aromatic carbocycles. The Kier molecular flexibility index (Phi) is 3.16. The first kappa shape index (κ1) is 12.7. The molecule has 102 valence electrons. The fourth-order valence-electron chi connectivity index (χ4n) is 2.79. The number of para-hydroxylation sites is 1. The molecule has 0 amide bonds. The van der Waals surface area contributed by atoms with Gasteiger partial charge < -0.3 is 16.2 Å². The second kappa shape index (κ2) is 4.98. The molecular weight excluding hydrogens is 252 g/mol. The molecule has 0 aliphatic heterocycles. The summed E-state index contributed by atoms with van der Waals surface area (Å²) in [5.74, 6) is -0.927. The first-order valence-electron chi connectivity index (χ1n) is 6.60. The van der Waals surface area contributed by atoms with Crippen molar-refractivity contribution < 1.29 is 9.90 Å². The molecule has 0 saturated heterocycles. The predicted molar refractivity (Wildman–Crippen MR) is 77.8 cm³/mol. The van der Waals surface area contributed by atoms with Crippen LogP contribution in [-0.4, -0.2) is 11.1 Å². The van der Waals surface area contributed by atoms with Gasteiger partial charge in [-0.3, -0.25) is 0 Å². The van der Waals surface area contributed by atoms with Crippen LogP contribution in [0.25, 0.3) is 0 Å². The number of anilines is 1. The number of carboxylic acid groups (broad SMARTS) is 1. The van der Waals surface area contributed by atoms with Crippen LogP contribution in [0, 0.1) is 0 Å². The number of rotatable bonds is 3. The van der Waals surface area contributed by atoms with Gasteiger partial charge in [0.1, 0.15) is 0 Å². The molecule has 2 aromatic rings. The van der Waals surface area contributed by atoms with Gasteiger partial charge in [0.15, 0.2) is 0 Å². The minimum absolute atomic E-state index is 0.000639. The maximum atomic E-state index is 11.2. The SMILES string of the molecule is NC1CC(Nc2ccccc2C(=O)O)c2ccccc21. The minimum Gasteiger partial charge on any atom is -0.478 e. The van der Waals surface area contributed by atoms with E-state index >= 15 is 0 Å². The molecule has 2 atom stereocenters. The van der Waals surface area contributed by atoms with E-state index in [1.807, 2.05) is 30.3 Å². The van der Waals surface area contributed by atoms with Gasteiger partial charge in [0, 0.05) is 11.7 Å². The van der Waals surface area contributed by atoms with Crippen molar-refractivity contribution in [1.29, 1.82) is 0 Å². The molecule has 4 nitrogen and oxygen atoms in total. The van der Waals surface area contributed by atoms with Crippen LogP contribution in [0.4, 0.5) is 5.69 Å². The van der Waals surface area contributed by atoms with Crippen molar-refractivity contribution in [2.24, 2.45) is 5.73 Å². The van der Waals surface area contributed by atoms with Crippen LogP contribution in [0.3, 0.4) is 0 Å². The lowest BCUT2D eigenvalue weighted by Crippen LogP contribution is -2.12. The van der Waals surface area contributed by atoms with E-state index in [1.54, 1.807) is 18.2 Å². The Labute approximate surface area is 117 Å². The van der Waals surface area contributed by atoms with Crippen molar-refractivity contribution in [3.8, 4) is 0 Å². The van der Waals surface area contributed by atoms with E-state index in [4.69, 9.17) is 5.73 Å². The average molecular weight is 268 g/mol. The molecule has 0 spiro atoms. The van der Waals surface area contributed by atoms with Gasteiger partial charge in [-0.2, -0.15) is 0 Å². The Bertz CT molecular complexity index is 654. The molecule has 0 fully saturated rings. The summed E-state index contributed by atoms with van der Waals surface area (Å²) in [6.07, 6.45) is 0.771. The molecule has 3 rings (SSSR count). The Balaban J connectivity index is 1.92. The minimum atomic E-state index is -0.927. The molecule has 20 heavy (non-hydrogen) atoms. The van der Waals surface area contributed by atoms with Crippen molar-refractivity contribution in [2.45, 2.75) is 18.5 Å². The van der Waals surface area contributed by atoms with Crippen molar-refractivity contribution in [1.82, 2.24) is 0 Å². The van der Waals surface area contributed by atoms with Crippen LogP contribution >= 0.6 is 0 Å². The van der Waals surface area contributed by atoms with Gasteiger partial charge in [0.2, 0.25) is 0 Å². The lowest BCUT2D eigenvalue weighted by atomic mass is 10.1. The average Bonchev–Trinajstić information content (AvgIpc) is 2.76. The van der Waals surface area contributed by atoms with Crippen LogP contribution < -0.4 is 11.1 Å². The summed E-state index contributed by atoms with van der Waals surface area (Å²) < 4.78 is 0. The third-order valence-corrected chi connectivity index (χ3v) is 3.75. The number of nitrogens with one attached hydrogen (secondary N) is 1. The number of hydrogen-bond acceptors (Lipinski definition) is 3. The molecule has 0 heterocycles. The number of aromatic carboxylic acids is 1. The van der Waals surface area contributed by atoms with Gasteiger partial charge in [-0.25, -0.2) is 4.79 Å². The number of hydrogen-bond donors (Lipinski definition) is 3. The van der Waals surface area contributed by atoms with E-state index in [-0.39, 0.29) is 17.6 Å². The zero-order valence-corrected chi connectivity index (χ0v) is 10.9. The second-order valence-corrected chi connectivity index (χ2v) is 5.02. The summed E-state index contributed by atoms with van der Waals surface area (Å²) >= 11 is 0. The highest BCUT2D eigenvalue weighted by Crippen LogP contribution is 2.39. The first-order valence-corrected chi connectivity index (χ1v) is 6.60. The molecule has 4 heteroatoms. The Morgan fingerprint density at radius 3 is 2.50 bits per heavy atom. The largest absolute Gasteiger partial charge is 0.478 e. The maximum absolute atomic E-state index is 11.2. The van der Waals surface area contributed by atoms with Crippen LogP contribution in [0.2, 0.25) is 0 Å². The van der Waals surface area contributed by atoms with Gasteiger partial charge >= 0.3 is 5.97 Å². The smallest absolute Gasteiger partial charge is 0.337 e. The lowest BCUT2D eigenvalue weighted by molar-refractivity contribution is 0.0698. The summed E-state index contributed by atoms with van der Waals surface area (Å²) in [7, 11) is 0. The molecule has 0 saturated carbocycles. The summed E-state index contributed by atoms with van der Waals surface area (Å²) in [6.45, 7) is 0. The van der Waals surface area contributed by atoms with E-state index in [0.717, 1.165) is 17.5 Å². The van der Waals surface area contributed by atoms with Crippen LogP contribution in [-0.2, 0) is 0 Å². The van der Waals surface area contributed by atoms with E-state index in [2.05, 4.69) is 5.32 Å². The maximum Gasteiger partial charge on any atom is 0.337 e. The molecule has 4 N–H and O–H groups in total. The highest BCUT2D eigenvalue weighted by atomic mass is 16.4. The van der Waals surface area contributed by atoms with Crippen molar-refractivity contribution in [3.63, 3.8) is 0 Å². The molecule has 1 aliphatic rings. The highest BCUT2D eigenvalue weighted by Gasteiger charge is 2.28.